The summed E-state index contributed by atoms with van der Waals surface area (Å²) >= 11 is 1.35. The van der Waals surface area contributed by atoms with E-state index in [4.69, 9.17) is 0 Å². The molecule has 5 nitrogen and oxygen atoms in total. The van der Waals surface area contributed by atoms with Crippen LogP contribution in [0, 0.1) is 6.92 Å². The Hall–Kier alpha value is -2.44. The number of hydrogen-bond donors (Lipinski definition) is 2. The third-order valence-corrected chi connectivity index (χ3v) is 4.68. The fourth-order valence-corrected chi connectivity index (χ4v) is 3.31. The van der Waals surface area contributed by atoms with Crippen LogP contribution in [-0.2, 0) is 6.54 Å². The number of aliphatic hydroxyl groups is 1. The van der Waals surface area contributed by atoms with Crippen molar-refractivity contribution in [2.75, 3.05) is 13.2 Å². The highest BCUT2D eigenvalue weighted by Gasteiger charge is 2.18. The first-order chi connectivity index (χ1) is 11.6. The smallest absolute Gasteiger partial charge is 0.264 e. The molecule has 2 aromatic heterocycles. The van der Waals surface area contributed by atoms with Crippen molar-refractivity contribution in [3.8, 4) is 0 Å². The predicted molar refractivity (Wildman–Crippen MR) is 95.5 cm³/mol. The first-order valence-corrected chi connectivity index (χ1v) is 8.52. The third-order valence-electron chi connectivity index (χ3n) is 3.83. The summed E-state index contributed by atoms with van der Waals surface area (Å²) < 4.78 is 0. The van der Waals surface area contributed by atoms with Crippen LogP contribution in [0.1, 0.15) is 20.8 Å². The van der Waals surface area contributed by atoms with E-state index in [-0.39, 0.29) is 31.2 Å². The van der Waals surface area contributed by atoms with Crippen molar-refractivity contribution in [2.45, 2.75) is 13.5 Å². The number of nitrogens with one attached hydrogen (secondary N) is 1. The molecule has 0 spiro atoms. The van der Waals surface area contributed by atoms with E-state index in [1.807, 2.05) is 36.6 Å². The number of aryl methyl sites for hydroxylation is 1. The Morgan fingerprint density at radius 1 is 1.29 bits per heavy atom. The Kier molecular flexibility index (Phi) is 4.78. The van der Waals surface area contributed by atoms with Gasteiger partial charge in [-0.2, -0.15) is 0 Å². The lowest BCUT2D eigenvalue weighted by Gasteiger charge is -2.21. The van der Waals surface area contributed by atoms with Crippen molar-refractivity contribution in [3.05, 3.63) is 68.1 Å². The first kappa shape index (κ1) is 16.4. The molecule has 6 heteroatoms. The topological polar surface area (TPSA) is 73.4 Å². The summed E-state index contributed by atoms with van der Waals surface area (Å²) in [5.41, 5.74) is 2.16. The second kappa shape index (κ2) is 6.98. The Balaban J connectivity index is 1.94. The fraction of sp³-hybridized carbons (Fsp3) is 0.222. The molecule has 0 aliphatic carbocycles. The number of carbonyl (C=O) groups excluding carboxylic acids is 1. The van der Waals surface area contributed by atoms with Crippen LogP contribution in [0.2, 0.25) is 0 Å². The average molecular weight is 342 g/mol. The SMILES string of the molecule is Cc1ccc2[nH]c(=O)c(CN(CCO)C(=O)c3cccs3)cc2c1. The van der Waals surface area contributed by atoms with Gasteiger partial charge in [0.05, 0.1) is 18.0 Å². The summed E-state index contributed by atoms with van der Waals surface area (Å²) in [4.78, 5) is 29.8. The number of rotatable bonds is 5. The monoisotopic (exact) mass is 342 g/mol. The van der Waals surface area contributed by atoms with Gasteiger partial charge in [0.15, 0.2) is 0 Å². The molecule has 3 aromatic rings. The second-order valence-corrected chi connectivity index (χ2v) is 6.59. The Bertz CT molecular complexity index is 916. The van der Waals surface area contributed by atoms with Gasteiger partial charge in [-0.05, 0) is 42.0 Å². The molecular weight excluding hydrogens is 324 g/mol. The molecule has 0 fully saturated rings. The van der Waals surface area contributed by atoms with Gasteiger partial charge in [0, 0.05) is 17.6 Å². The van der Waals surface area contributed by atoms with E-state index in [0.29, 0.717) is 10.4 Å². The molecule has 3 rings (SSSR count). The van der Waals surface area contributed by atoms with E-state index in [2.05, 4.69) is 4.98 Å². The molecule has 0 bridgehead atoms. The van der Waals surface area contributed by atoms with E-state index < -0.39 is 0 Å². The van der Waals surface area contributed by atoms with E-state index in [1.165, 1.54) is 16.2 Å². The van der Waals surface area contributed by atoms with Crippen LogP contribution >= 0.6 is 11.3 Å². The van der Waals surface area contributed by atoms with Gasteiger partial charge in [-0.1, -0.05) is 17.7 Å². The van der Waals surface area contributed by atoms with Gasteiger partial charge >= 0.3 is 0 Å². The molecule has 0 radical (unpaired) electrons. The highest BCUT2D eigenvalue weighted by atomic mass is 32.1. The van der Waals surface area contributed by atoms with Gasteiger partial charge < -0.3 is 15.0 Å². The summed E-state index contributed by atoms with van der Waals surface area (Å²) in [5, 5.41) is 12.0. The molecule has 1 aromatic carbocycles. The van der Waals surface area contributed by atoms with Gasteiger partial charge in [0.25, 0.3) is 11.5 Å². The Morgan fingerprint density at radius 2 is 2.12 bits per heavy atom. The number of aromatic nitrogens is 1. The Morgan fingerprint density at radius 3 is 2.83 bits per heavy atom. The number of aromatic amines is 1. The summed E-state index contributed by atoms with van der Waals surface area (Å²) in [6.07, 6.45) is 0. The average Bonchev–Trinajstić information content (AvgIpc) is 3.09. The highest BCUT2D eigenvalue weighted by Crippen LogP contribution is 2.16. The maximum atomic E-state index is 12.5. The molecule has 0 saturated heterocycles. The summed E-state index contributed by atoms with van der Waals surface area (Å²) in [6.45, 7) is 2.18. The van der Waals surface area contributed by atoms with Crippen molar-refractivity contribution < 1.29 is 9.90 Å². The highest BCUT2D eigenvalue weighted by molar-refractivity contribution is 7.12. The van der Waals surface area contributed by atoms with Crippen molar-refractivity contribution in [1.29, 1.82) is 0 Å². The van der Waals surface area contributed by atoms with E-state index >= 15 is 0 Å². The first-order valence-electron chi connectivity index (χ1n) is 7.64. The minimum atomic E-state index is -0.215. The normalized spacial score (nSPS) is 10.9. The van der Waals surface area contributed by atoms with Crippen LogP contribution in [0.4, 0.5) is 0 Å². The lowest BCUT2D eigenvalue weighted by atomic mass is 10.1. The number of aliphatic hydroxyl groups excluding tert-OH is 1. The molecule has 2 N–H and O–H groups in total. The molecular formula is C18H18N2O3S. The summed E-state index contributed by atoms with van der Waals surface area (Å²) in [6, 6.07) is 11.2. The maximum Gasteiger partial charge on any atom is 0.264 e. The lowest BCUT2D eigenvalue weighted by Crippen LogP contribution is -2.34. The third kappa shape index (κ3) is 3.39. The summed E-state index contributed by atoms with van der Waals surface area (Å²) in [7, 11) is 0. The maximum absolute atomic E-state index is 12.5. The van der Waals surface area contributed by atoms with Crippen molar-refractivity contribution in [2.24, 2.45) is 0 Å². The standard InChI is InChI=1S/C18H18N2O3S/c1-12-4-5-15-13(9-12)10-14(17(22)19-15)11-20(6-7-21)18(23)16-3-2-8-24-16/h2-5,8-10,21H,6-7,11H2,1H3,(H,19,22). The number of pyridine rings is 1. The van der Waals surface area contributed by atoms with Crippen LogP contribution in [0.15, 0.2) is 46.6 Å². The summed E-state index contributed by atoms with van der Waals surface area (Å²) in [5.74, 6) is -0.178. The zero-order valence-electron chi connectivity index (χ0n) is 13.3. The second-order valence-electron chi connectivity index (χ2n) is 5.64. The molecule has 0 aliphatic rings. The van der Waals surface area contributed by atoms with Crippen LogP contribution in [0.5, 0.6) is 0 Å². The molecule has 0 saturated carbocycles. The van der Waals surface area contributed by atoms with Crippen LogP contribution in [-0.4, -0.2) is 34.0 Å². The quantitative estimate of drug-likeness (QED) is 0.748. The van der Waals surface area contributed by atoms with Gasteiger partial charge in [-0.3, -0.25) is 9.59 Å². The van der Waals surface area contributed by atoms with Gasteiger partial charge in [0.1, 0.15) is 0 Å². The number of fused-ring (bicyclic) bond motifs is 1. The Labute approximate surface area is 143 Å². The van der Waals surface area contributed by atoms with Crippen molar-refractivity contribution >= 4 is 28.1 Å². The molecule has 0 aliphatic heterocycles. The zero-order valence-corrected chi connectivity index (χ0v) is 14.1. The van der Waals surface area contributed by atoms with Gasteiger partial charge in [-0.15, -0.1) is 11.3 Å². The van der Waals surface area contributed by atoms with Gasteiger partial charge in [0.2, 0.25) is 0 Å². The number of H-pyrrole nitrogens is 1. The molecule has 0 unspecified atom stereocenters. The predicted octanol–water partition coefficient (Wildman–Crippen LogP) is 2.53. The number of nitrogens with zero attached hydrogens (tertiary/aromatic N) is 1. The van der Waals surface area contributed by atoms with E-state index in [1.54, 1.807) is 12.1 Å². The van der Waals surface area contributed by atoms with E-state index in [9.17, 15) is 14.7 Å². The van der Waals surface area contributed by atoms with Crippen LogP contribution < -0.4 is 5.56 Å². The number of thiophene rings is 1. The minimum Gasteiger partial charge on any atom is -0.395 e. The van der Waals surface area contributed by atoms with Crippen LogP contribution in [0.3, 0.4) is 0 Å². The van der Waals surface area contributed by atoms with E-state index in [0.717, 1.165) is 16.5 Å². The number of hydrogen-bond acceptors (Lipinski definition) is 4. The lowest BCUT2D eigenvalue weighted by molar-refractivity contribution is 0.0712. The number of benzene rings is 1. The van der Waals surface area contributed by atoms with Crippen molar-refractivity contribution in [3.63, 3.8) is 0 Å². The largest absolute Gasteiger partial charge is 0.395 e. The molecule has 0 atom stereocenters. The fourth-order valence-electron chi connectivity index (χ4n) is 2.62. The molecule has 124 valence electrons. The molecule has 24 heavy (non-hydrogen) atoms. The van der Waals surface area contributed by atoms with Gasteiger partial charge in [-0.25, -0.2) is 0 Å². The molecule has 1 amide bonds. The minimum absolute atomic E-state index is 0.151. The number of amides is 1. The zero-order chi connectivity index (χ0) is 17.1. The van der Waals surface area contributed by atoms with Crippen LogP contribution in [0.25, 0.3) is 10.9 Å². The number of carbonyl (C=O) groups is 1. The molecule has 2 heterocycles. The van der Waals surface area contributed by atoms with Crippen molar-refractivity contribution in [1.82, 2.24) is 9.88 Å².